The van der Waals surface area contributed by atoms with Crippen LogP contribution in [0.3, 0.4) is 0 Å². The smallest absolute Gasteiger partial charge is 0.276 e. The number of hydrogen-bond donors (Lipinski definition) is 1. The molecule has 4 rings (SSSR count). The van der Waals surface area contributed by atoms with Crippen LogP contribution >= 0.6 is 11.6 Å². The van der Waals surface area contributed by atoms with Gasteiger partial charge in [0.15, 0.2) is 0 Å². The van der Waals surface area contributed by atoms with Gasteiger partial charge < -0.3 is 14.8 Å². The molecule has 0 aliphatic carbocycles. The van der Waals surface area contributed by atoms with Crippen molar-refractivity contribution in [3.05, 3.63) is 45.1 Å². The molecular weight excluding hydrogens is 355 g/mol. The molecule has 2 atom stereocenters. The standard InChI is InChI=1S/C19H22ClFN4O/c1-9-7-25-14(8-23(9)4)11(3)22-16-18(25)12-6-13(21)10(2)15(20)17(12)24(5)19(16)26/h6,9,14,22H,3,7-8H2,1-2,4-5H3. The van der Waals surface area contributed by atoms with Crippen molar-refractivity contribution in [1.29, 1.82) is 0 Å². The average Bonchev–Trinajstić information content (AvgIpc) is 2.59. The van der Waals surface area contributed by atoms with Crippen LogP contribution in [0.25, 0.3) is 10.9 Å². The fraction of sp³-hybridized carbons (Fsp3) is 0.421. The molecule has 26 heavy (non-hydrogen) atoms. The van der Waals surface area contributed by atoms with E-state index in [1.54, 1.807) is 14.0 Å². The molecule has 2 aliphatic heterocycles. The molecule has 2 unspecified atom stereocenters. The molecule has 1 N–H and O–H groups in total. The Bertz CT molecular complexity index is 1020. The highest BCUT2D eigenvalue weighted by Crippen LogP contribution is 2.42. The summed E-state index contributed by atoms with van der Waals surface area (Å²) in [6, 6.07) is 1.81. The maximum Gasteiger partial charge on any atom is 0.276 e. The SMILES string of the molecule is C=C1Nc2c(c3cc(F)c(C)c(Cl)c3n(C)c2=O)N2CC(C)N(C)CC12. The molecule has 0 amide bonds. The maximum atomic E-state index is 14.5. The second-order valence-corrected chi connectivity index (χ2v) is 7.77. The number of likely N-dealkylation sites (N-methyl/N-ethyl adjacent to an activating group) is 1. The van der Waals surface area contributed by atoms with Gasteiger partial charge in [0, 0.05) is 42.8 Å². The van der Waals surface area contributed by atoms with E-state index in [-0.39, 0.29) is 22.4 Å². The number of anilines is 2. The summed E-state index contributed by atoms with van der Waals surface area (Å²) in [6.45, 7) is 9.41. The second-order valence-electron chi connectivity index (χ2n) is 7.39. The Kier molecular flexibility index (Phi) is 3.82. The van der Waals surface area contributed by atoms with Crippen LogP contribution in [0.4, 0.5) is 15.8 Å². The van der Waals surface area contributed by atoms with E-state index in [1.807, 2.05) is 0 Å². The van der Waals surface area contributed by atoms with E-state index in [0.717, 1.165) is 24.5 Å². The number of nitrogens with one attached hydrogen (secondary N) is 1. The van der Waals surface area contributed by atoms with Crippen molar-refractivity contribution in [2.24, 2.45) is 7.05 Å². The van der Waals surface area contributed by atoms with Crippen LogP contribution in [0, 0.1) is 12.7 Å². The molecule has 138 valence electrons. The summed E-state index contributed by atoms with van der Waals surface area (Å²) in [6.07, 6.45) is 0. The number of pyridine rings is 1. The molecule has 1 aromatic carbocycles. The minimum Gasteiger partial charge on any atom is -0.358 e. The van der Waals surface area contributed by atoms with Crippen molar-refractivity contribution >= 4 is 33.9 Å². The summed E-state index contributed by atoms with van der Waals surface area (Å²) in [4.78, 5) is 17.4. The number of piperazine rings is 1. The van der Waals surface area contributed by atoms with Gasteiger partial charge in [-0.2, -0.15) is 0 Å². The third kappa shape index (κ3) is 2.21. The van der Waals surface area contributed by atoms with Gasteiger partial charge in [0.25, 0.3) is 5.56 Å². The van der Waals surface area contributed by atoms with Gasteiger partial charge in [0.1, 0.15) is 11.5 Å². The monoisotopic (exact) mass is 376 g/mol. The first-order valence-corrected chi connectivity index (χ1v) is 9.04. The van der Waals surface area contributed by atoms with E-state index in [4.69, 9.17) is 11.6 Å². The van der Waals surface area contributed by atoms with Gasteiger partial charge in [-0.3, -0.25) is 9.69 Å². The quantitative estimate of drug-likeness (QED) is 0.767. The molecule has 1 fully saturated rings. The van der Waals surface area contributed by atoms with Crippen molar-refractivity contribution in [3.8, 4) is 0 Å². The van der Waals surface area contributed by atoms with Crippen LogP contribution in [-0.4, -0.2) is 41.7 Å². The molecule has 2 aliphatic rings. The van der Waals surface area contributed by atoms with E-state index in [9.17, 15) is 9.18 Å². The minimum absolute atomic E-state index is 0.0159. The number of hydrogen-bond acceptors (Lipinski definition) is 4. The third-order valence-corrected chi connectivity index (χ3v) is 6.26. The van der Waals surface area contributed by atoms with Gasteiger partial charge in [-0.05, 0) is 27.0 Å². The van der Waals surface area contributed by atoms with E-state index in [2.05, 4.69) is 35.7 Å². The van der Waals surface area contributed by atoms with E-state index in [1.165, 1.54) is 10.6 Å². The summed E-state index contributed by atoms with van der Waals surface area (Å²) in [5, 5.41) is 4.12. The van der Waals surface area contributed by atoms with Gasteiger partial charge in [-0.1, -0.05) is 18.2 Å². The van der Waals surface area contributed by atoms with Crippen molar-refractivity contribution in [3.63, 3.8) is 0 Å². The maximum absolute atomic E-state index is 14.5. The molecule has 7 heteroatoms. The lowest BCUT2D eigenvalue weighted by Crippen LogP contribution is -2.59. The van der Waals surface area contributed by atoms with Crippen molar-refractivity contribution in [2.45, 2.75) is 25.9 Å². The number of halogens is 2. The lowest BCUT2D eigenvalue weighted by atomic mass is 9.98. The highest BCUT2D eigenvalue weighted by atomic mass is 35.5. The van der Waals surface area contributed by atoms with E-state index in [0.29, 0.717) is 28.2 Å². The topological polar surface area (TPSA) is 40.5 Å². The number of nitrogens with zero attached hydrogens (tertiary/aromatic N) is 3. The largest absolute Gasteiger partial charge is 0.358 e. The first-order chi connectivity index (χ1) is 12.2. The van der Waals surface area contributed by atoms with E-state index >= 15 is 0 Å². The summed E-state index contributed by atoms with van der Waals surface area (Å²) >= 11 is 6.44. The Morgan fingerprint density at radius 3 is 2.73 bits per heavy atom. The molecular formula is C19H22ClFN4O. The zero-order chi connectivity index (χ0) is 18.9. The van der Waals surface area contributed by atoms with E-state index < -0.39 is 0 Å². The minimum atomic E-state index is -0.369. The van der Waals surface area contributed by atoms with Gasteiger partial charge >= 0.3 is 0 Å². The van der Waals surface area contributed by atoms with Gasteiger partial charge in [0.05, 0.1) is 22.3 Å². The third-order valence-electron chi connectivity index (χ3n) is 5.79. The summed E-state index contributed by atoms with van der Waals surface area (Å²) in [5.41, 5.74) is 2.68. The number of aryl methyl sites for hydroxylation is 1. The number of rotatable bonds is 0. The van der Waals surface area contributed by atoms with Crippen LogP contribution in [-0.2, 0) is 7.05 Å². The molecule has 1 aromatic heterocycles. The van der Waals surface area contributed by atoms with Crippen molar-refractivity contribution in [1.82, 2.24) is 9.47 Å². The Labute approximate surface area is 156 Å². The lowest BCUT2D eigenvalue weighted by molar-refractivity contribution is 0.210. The summed E-state index contributed by atoms with van der Waals surface area (Å²) in [5.74, 6) is -0.369. The zero-order valence-electron chi connectivity index (χ0n) is 15.4. The normalized spacial score (nSPS) is 23.0. The highest BCUT2D eigenvalue weighted by molar-refractivity contribution is 6.36. The number of fused-ring (bicyclic) bond motifs is 5. The van der Waals surface area contributed by atoms with Crippen LogP contribution in [0.2, 0.25) is 5.02 Å². The summed E-state index contributed by atoms with van der Waals surface area (Å²) < 4.78 is 16.0. The number of aromatic nitrogens is 1. The molecule has 1 saturated heterocycles. The Hall–Kier alpha value is -2.05. The fourth-order valence-electron chi connectivity index (χ4n) is 4.02. The van der Waals surface area contributed by atoms with Gasteiger partial charge in [0.2, 0.25) is 0 Å². The molecule has 2 aromatic rings. The van der Waals surface area contributed by atoms with Gasteiger partial charge in [-0.25, -0.2) is 4.39 Å². The second kappa shape index (κ2) is 5.72. The molecule has 3 heterocycles. The van der Waals surface area contributed by atoms with Crippen molar-refractivity contribution in [2.75, 3.05) is 30.4 Å². The fourth-order valence-corrected chi connectivity index (χ4v) is 4.34. The van der Waals surface area contributed by atoms with Crippen LogP contribution in [0.5, 0.6) is 0 Å². The van der Waals surface area contributed by atoms with Gasteiger partial charge in [-0.15, -0.1) is 0 Å². The predicted molar refractivity (Wildman–Crippen MR) is 105 cm³/mol. The predicted octanol–water partition coefficient (Wildman–Crippen LogP) is 3.09. The Balaban J connectivity index is 2.10. The summed E-state index contributed by atoms with van der Waals surface area (Å²) in [7, 11) is 3.74. The van der Waals surface area contributed by atoms with Crippen LogP contribution < -0.4 is 15.8 Å². The van der Waals surface area contributed by atoms with Crippen LogP contribution in [0.15, 0.2) is 23.1 Å². The first kappa shape index (κ1) is 17.4. The zero-order valence-corrected chi connectivity index (χ0v) is 16.1. The Morgan fingerprint density at radius 1 is 1.35 bits per heavy atom. The first-order valence-electron chi connectivity index (χ1n) is 8.66. The number of benzene rings is 1. The molecule has 0 radical (unpaired) electrons. The van der Waals surface area contributed by atoms with Crippen LogP contribution in [0.1, 0.15) is 12.5 Å². The molecule has 0 saturated carbocycles. The highest BCUT2D eigenvalue weighted by Gasteiger charge is 2.38. The lowest BCUT2D eigenvalue weighted by Gasteiger charge is -2.49. The Morgan fingerprint density at radius 2 is 2.04 bits per heavy atom. The van der Waals surface area contributed by atoms with Crippen molar-refractivity contribution < 1.29 is 4.39 Å². The molecule has 0 bridgehead atoms. The molecule has 0 spiro atoms. The average molecular weight is 377 g/mol. The molecule has 5 nitrogen and oxygen atoms in total.